The van der Waals surface area contributed by atoms with Gasteiger partial charge in [0.1, 0.15) is 17.3 Å². The standard InChI is InChI=1S/C15H13Cl2FO/c1-9-6-11(17)7-10(2)15(9)19-14-5-3-4-13(18)12(14)8-16/h3-7H,8H2,1-2H3. The summed E-state index contributed by atoms with van der Waals surface area (Å²) in [7, 11) is 0. The molecule has 0 saturated heterocycles. The van der Waals surface area contributed by atoms with Gasteiger partial charge in [-0.1, -0.05) is 17.7 Å². The van der Waals surface area contributed by atoms with Crippen LogP contribution in [-0.2, 0) is 5.88 Å². The number of rotatable bonds is 3. The van der Waals surface area contributed by atoms with E-state index in [0.29, 0.717) is 22.1 Å². The molecule has 0 amide bonds. The summed E-state index contributed by atoms with van der Waals surface area (Å²) in [5.74, 6) is 0.815. The Morgan fingerprint density at radius 1 is 1.16 bits per heavy atom. The van der Waals surface area contributed by atoms with Crippen LogP contribution in [0.1, 0.15) is 16.7 Å². The molecule has 0 aliphatic carbocycles. The van der Waals surface area contributed by atoms with Crippen molar-refractivity contribution in [2.45, 2.75) is 19.7 Å². The van der Waals surface area contributed by atoms with E-state index in [-0.39, 0.29) is 11.7 Å². The van der Waals surface area contributed by atoms with Crippen LogP contribution < -0.4 is 4.74 Å². The molecular formula is C15H13Cl2FO. The van der Waals surface area contributed by atoms with E-state index in [0.717, 1.165) is 11.1 Å². The van der Waals surface area contributed by atoms with Crippen LogP contribution >= 0.6 is 23.2 Å². The molecule has 0 N–H and O–H groups in total. The van der Waals surface area contributed by atoms with Crippen LogP contribution in [0.2, 0.25) is 5.02 Å². The second-order valence-electron chi connectivity index (χ2n) is 4.32. The lowest BCUT2D eigenvalue weighted by Gasteiger charge is -2.14. The minimum Gasteiger partial charge on any atom is -0.456 e. The van der Waals surface area contributed by atoms with Gasteiger partial charge in [0, 0.05) is 10.6 Å². The maximum atomic E-state index is 13.6. The van der Waals surface area contributed by atoms with E-state index in [9.17, 15) is 4.39 Å². The summed E-state index contributed by atoms with van der Waals surface area (Å²) in [5.41, 5.74) is 2.16. The van der Waals surface area contributed by atoms with Gasteiger partial charge in [-0.15, -0.1) is 11.6 Å². The van der Waals surface area contributed by atoms with Crippen LogP contribution in [0, 0.1) is 19.7 Å². The molecule has 100 valence electrons. The molecule has 0 heterocycles. The number of benzene rings is 2. The molecule has 0 spiro atoms. The Kier molecular flexibility index (Phi) is 4.33. The van der Waals surface area contributed by atoms with Gasteiger partial charge in [-0.3, -0.25) is 0 Å². The highest BCUT2D eigenvalue weighted by atomic mass is 35.5. The quantitative estimate of drug-likeness (QED) is 0.668. The minimum atomic E-state index is -0.364. The molecule has 0 aliphatic heterocycles. The summed E-state index contributed by atoms with van der Waals surface area (Å²) in [6, 6.07) is 8.29. The largest absolute Gasteiger partial charge is 0.456 e. The summed E-state index contributed by atoms with van der Waals surface area (Å²) in [6.07, 6.45) is 0. The average molecular weight is 299 g/mol. The predicted molar refractivity (Wildman–Crippen MR) is 77.0 cm³/mol. The third kappa shape index (κ3) is 3.02. The van der Waals surface area contributed by atoms with Crippen molar-refractivity contribution in [2.75, 3.05) is 0 Å². The molecular weight excluding hydrogens is 286 g/mol. The lowest BCUT2D eigenvalue weighted by atomic mass is 10.1. The van der Waals surface area contributed by atoms with Crippen molar-refractivity contribution in [3.63, 3.8) is 0 Å². The fourth-order valence-corrected chi connectivity index (χ4v) is 2.52. The fourth-order valence-electron chi connectivity index (χ4n) is 1.93. The molecule has 19 heavy (non-hydrogen) atoms. The summed E-state index contributed by atoms with van der Waals surface area (Å²) >= 11 is 11.7. The molecule has 0 aliphatic rings. The zero-order valence-corrected chi connectivity index (χ0v) is 12.1. The van der Waals surface area contributed by atoms with Crippen molar-refractivity contribution in [1.82, 2.24) is 0 Å². The summed E-state index contributed by atoms with van der Waals surface area (Å²) in [5, 5.41) is 0.652. The topological polar surface area (TPSA) is 9.23 Å². The fraction of sp³-hybridized carbons (Fsp3) is 0.200. The first-order valence-electron chi connectivity index (χ1n) is 5.81. The molecule has 2 aromatic rings. The van der Waals surface area contributed by atoms with Crippen LogP contribution in [0.15, 0.2) is 30.3 Å². The van der Waals surface area contributed by atoms with Crippen LogP contribution in [0.25, 0.3) is 0 Å². The average Bonchev–Trinajstić information content (AvgIpc) is 2.34. The van der Waals surface area contributed by atoms with E-state index in [1.165, 1.54) is 6.07 Å². The molecule has 2 aromatic carbocycles. The molecule has 2 rings (SSSR count). The zero-order chi connectivity index (χ0) is 14.0. The van der Waals surface area contributed by atoms with Crippen molar-refractivity contribution in [1.29, 1.82) is 0 Å². The van der Waals surface area contributed by atoms with Crippen molar-refractivity contribution in [3.8, 4) is 11.5 Å². The van der Waals surface area contributed by atoms with Gasteiger partial charge in [0.15, 0.2) is 0 Å². The Morgan fingerprint density at radius 2 is 1.79 bits per heavy atom. The van der Waals surface area contributed by atoms with E-state index >= 15 is 0 Å². The summed E-state index contributed by atoms with van der Waals surface area (Å²) in [4.78, 5) is 0. The molecule has 0 radical (unpaired) electrons. The first-order valence-corrected chi connectivity index (χ1v) is 6.72. The molecule has 0 saturated carbocycles. The highest BCUT2D eigenvalue weighted by molar-refractivity contribution is 6.30. The minimum absolute atomic E-state index is 0.0632. The van der Waals surface area contributed by atoms with E-state index in [1.807, 2.05) is 26.0 Å². The van der Waals surface area contributed by atoms with E-state index < -0.39 is 0 Å². The Balaban J connectivity index is 2.45. The van der Waals surface area contributed by atoms with Gasteiger partial charge in [-0.2, -0.15) is 0 Å². The molecule has 0 bridgehead atoms. The Labute approximate surface area is 121 Å². The lowest BCUT2D eigenvalue weighted by Crippen LogP contribution is -1.96. The zero-order valence-electron chi connectivity index (χ0n) is 10.6. The lowest BCUT2D eigenvalue weighted by molar-refractivity contribution is 0.463. The van der Waals surface area contributed by atoms with E-state index in [1.54, 1.807) is 12.1 Å². The summed E-state index contributed by atoms with van der Waals surface area (Å²) in [6.45, 7) is 3.79. The van der Waals surface area contributed by atoms with Crippen molar-refractivity contribution in [2.24, 2.45) is 0 Å². The summed E-state index contributed by atoms with van der Waals surface area (Å²) < 4.78 is 19.4. The Morgan fingerprint density at radius 3 is 2.37 bits per heavy atom. The molecule has 1 nitrogen and oxygen atoms in total. The maximum absolute atomic E-state index is 13.6. The Hall–Kier alpha value is -1.25. The van der Waals surface area contributed by atoms with Crippen LogP contribution in [0.3, 0.4) is 0 Å². The van der Waals surface area contributed by atoms with Crippen molar-refractivity contribution in [3.05, 3.63) is 57.9 Å². The van der Waals surface area contributed by atoms with Crippen LogP contribution in [0.5, 0.6) is 11.5 Å². The third-order valence-electron chi connectivity index (χ3n) is 2.85. The molecule has 0 atom stereocenters. The number of ether oxygens (including phenoxy) is 1. The Bertz CT molecular complexity index is 588. The number of aryl methyl sites for hydroxylation is 2. The first kappa shape index (κ1) is 14.2. The first-order chi connectivity index (χ1) is 9.02. The molecule has 0 fully saturated rings. The molecule has 0 unspecified atom stereocenters. The molecule has 0 aromatic heterocycles. The van der Waals surface area contributed by atoms with Gasteiger partial charge >= 0.3 is 0 Å². The monoisotopic (exact) mass is 298 g/mol. The van der Waals surface area contributed by atoms with Crippen LogP contribution in [-0.4, -0.2) is 0 Å². The second kappa shape index (κ2) is 5.81. The third-order valence-corrected chi connectivity index (χ3v) is 3.33. The number of hydrogen-bond donors (Lipinski definition) is 0. The van der Waals surface area contributed by atoms with Gasteiger partial charge in [0.25, 0.3) is 0 Å². The van der Waals surface area contributed by atoms with Crippen LogP contribution in [0.4, 0.5) is 4.39 Å². The predicted octanol–water partition coefficient (Wildman–Crippen LogP) is 5.63. The van der Waals surface area contributed by atoms with Gasteiger partial charge in [-0.25, -0.2) is 4.39 Å². The second-order valence-corrected chi connectivity index (χ2v) is 5.02. The van der Waals surface area contributed by atoms with Gasteiger partial charge in [0.05, 0.1) is 5.88 Å². The smallest absolute Gasteiger partial charge is 0.134 e. The molecule has 4 heteroatoms. The normalized spacial score (nSPS) is 10.6. The maximum Gasteiger partial charge on any atom is 0.134 e. The van der Waals surface area contributed by atoms with E-state index in [4.69, 9.17) is 27.9 Å². The SMILES string of the molecule is Cc1cc(Cl)cc(C)c1Oc1cccc(F)c1CCl. The highest BCUT2D eigenvalue weighted by Crippen LogP contribution is 2.34. The van der Waals surface area contributed by atoms with Crippen molar-refractivity contribution >= 4 is 23.2 Å². The van der Waals surface area contributed by atoms with E-state index in [2.05, 4.69) is 0 Å². The van der Waals surface area contributed by atoms with Gasteiger partial charge in [-0.05, 0) is 49.2 Å². The highest BCUT2D eigenvalue weighted by Gasteiger charge is 2.12. The van der Waals surface area contributed by atoms with Gasteiger partial charge in [0.2, 0.25) is 0 Å². The number of alkyl halides is 1. The number of hydrogen-bond acceptors (Lipinski definition) is 1. The van der Waals surface area contributed by atoms with Crippen molar-refractivity contribution < 1.29 is 9.13 Å². The van der Waals surface area contributed by atoms with Gasteiger partial charge < -0.3 is 4.74 Å². The number of halogens is 3.